The van der Waals surface area contributed by atoms with Crippen LogP contribution in [0.15, 0.2) is 11.0 Å². The number of hydrogen-bond donors (Lipinski definition) is 1. The molecule has 0 unspecified atom stereocenters. The first-order valence-electron chi connectivity index (χ1n) is 5.11. The molecule has 0 aromatic carbocycles. The lowest BCUT2D eigenvalue weighted by atomic mass is 10.3. The summed E-state index contributed by atoms with van der Waals surface area (Å²) in [5.74, 6) is 0. The molecule has 1 heterocycles. The van der Waals surface area contributed by atoms with Gasteiger partial charge in [-0.25, -0.2) is 8.42 Å². The maximum atomic E-state index is 11.9. The van der Waals surface area contributed by atoms with E-state index in [-0.39, 0.29) is 15.3 Å². The van der Waals surface area contributed by atoms with E-state index < -0.39 is 10.0 Å². The fourth-order valence-corrected chi connectivity index (χ4v) is 4.70. The van der Waals surface area contributed by atoms with Gasteiger partial charge in [0.1, 0.15) is 9.23 Å². The lowest BCUT2D eigenvalue weighted by molar-refractivity contribution is 0.0223. The molecular formula is C9H11Cl2NO3S2. The Kier molecular flexibility index (Phi) is 4.33. The molecule has 1 fully saturated rings. The van der Waals surface area contributed by atoms with Crippen LogP contribution in [0.25, 0.3) is 0 Å². The van der Waals surface area contributed by atoms with Crippen molar-refractivity contribution in [2.24, 2.45) is 0 Å². The zero-order valence-corrected chi connectivity index (χ0v) is 11.9. The van der Waals surface area contributed by atoms with Gasteiger partial charge in [-0.2, -0.15) is 0 Å². The van der Waals surface area contributed by atoms with E-state index in [1.807, 2.05) is 0 Å². The van der Waals surface area contributed by atoms with Crippen LogP contribution >= 0.6 is 34.5 Å². The van der Waals surface area contributed by atoms with Crippen molar-refractivity contribution in [1.82, 2.24) is 4.89 Å². The second kappa shape index (κ2) is 5.42. The molecular weight excluding hydrogens is 305 g/mol. The first-order chi connectivity index (χ1) is 7.99. The predicted molar refractivity (Wildman–Crippen MR) is 68.0 cm³/mol. The molecule has 1 aliphatic rings. The number of sulfonamides is 1. The Morgan fingerprint density at radius 2 is 2.00 bits per heavy atom. The van der Waals surface area contributed by atoms with Crippen LogP contribution in [0.2, 0.25) is 8.67 Å². The average Bonchev–Trinajstić information content (AvgIpc) is 2.85. The van der Waals surface area contributed by atoms with Gasteiger partial charge in [-0.3, -0.25) is 4.84 Å². The van der Waals surface area contributed by atoms with E-state index in [1.165, 1.54) is 6.07 Å². The van der Waals surface area contributed by atoms with Crippen molar-refractivity contribution in [3.63, 3.8) is 0 Å². The summed E-state index contributed by atoms with van der Waals surface area (Å²) in [6, 6.07) is 1.31. The summed E-state index contributed by atoms with van der Waals surface area (Å²) in [6.07, 6.45) is 3.84. The Morgan fingerprint density at radius 3 is 2.53 bits per heavy atom. The monoisotopic (exact) mass is 315 g/mol. The van der Waals surface area contributed by atoms with E-state index in [9.17, 15) is 8.42 Å². The van der Waals surface area contributed by atoms with Crippen molar-refractivity contribution in [1.29, 1.82) is 0 Å². The van der Waals surface area contributed by atoms with E-state index in [2.05, 4.69) is 4.89 Å². The summed E-state index contributed by atoms with van der Waals surface area (Å²) >= 11 is 12.5. The highest BCUT2D eigenvalue weighted by molar-refractivity contribution is 7.89. The summed E-state index contributed by atoms with van der Waals surface area (Å²) in [7, 11) is -3.74. The normalized spacial score (nSPS) is 17.8. The van der Waals surface area contributed by atoms with Gasteiger partial charge in [-0.15, -0.1) is 11.3 Å². The smallest absolute Gasteiger partial charge is 0.264 e. The molecule has 1 aliphatic carbocycles. The summed E-state index contributed by atoms with van der Waals surface area (Å²) in [5.41, 5.74) is 0. The highest BCUT2D eigenvalue weighted by atomic mass is 35.5. The van der Waals surface area contributed by atoms with Crippen LogP contribution in [0.5, 0.6) is 0 Å². The van der Waals surface area contributed by atoms with Gasteiger partial charge in [-0.05, 0) is 18.9 Å². The Bertz CT molecular complexity index is 494. The molecule has 0 aliphatic heterocycles. The molecule has 0 bridgehead atoms. The predicted octanol–water partition coefficient (Wildman–Crippen LogP) is 3.21. The first-order valence-corrected chi connectivity index (χ1v) is 8.17. The highest BCUT2D eigenvalue weighted by Gasteiger charge is 2.24. The molecule has 8 heteroatoms. The van der Waals surface area contributed by atoms with E-state index in [1.54, 1.807) is 0 Å². The summed E-state index contributed by atoms with van der Waals surface area (Å²) in [6.45, 7) is 0. The lowest BCUT2D eigenvalue weighted by Gasteiger charge is -2.11. The third kappa shape index (κ3) is 3.33. The molecule has 0 atom stereocenters. The molecule has 96 valence electrons. The summed E-state index contributed by atoms with van der Waals surface area (Å²) in [5, 5.41) is 0. The fourth-order valence-electron chi connectivity index (χ4n) is 1.69. The molecule has 0 radical (unpaired) electrons. The molecule has 0 spiro atoms. The molecule has 1 aromatic rings. The van der Waals surface area contributed by atoms with Gasteiger partial charge >= 0.3 is 0 Å². The molecule has 4 nitrogen and oxygen atoms in total. The van der Waals surface area contributed by atoms with E-state index in [4.69, 9.17) is 28.0 Å². The summed E-state index contributed by atoms with van der Waals surface area (Å²) in [4.78, 5) is 7.22. The summed E-state index contributed by atoms with van der Waals surface area (Å²) < 4.78 is 24.2. The van der Waals surface area contributed by atoms with Crippen molar-refractivity contribution >= 4 is 44.6 Å². The van der Waals surface area contributed by atoms with Crippen LogP contribution in [0.1, 0.15) is 25.7 Å². The average molecular weight is 316 g/mol. The second-order valence-electron chi connectivity index (χ2n) is 3.80. The van der Waals surface area contributed by atoms with Crippen LogP contribution in [0.3, 0.4) is 0 Å². The Morgan fingerprint density at radius 1 is 1.35 bits per heavy atom. The number of nitrogens with one attached hydrogen (secondary N) is 1. The molecule has 2 rings (SSSR count). The molecule has 0 amide bonds. The molecule has 17 heavy (non-hydrogen) atoms. The van der Waals surface area contributed by atoms with Gasteiger partial charge in [0.2, 0.25) is 0 Å². The second-order valence-corrected chi connectivity index (χ2v) is 7.70. The van der Waals surface area contributed by atoms with Gasteiger partial charge in [0.15, 0.2) is 0 Å². The highest BCUT2D eigenvalue weighted by Crippen LogP contribution is 2.34. The van der Waals surface area contributed by atoms with Gasteiger partial charge < -0.3 is 0 Å². The zero-order chi connectivity index (χ0) is 12.5. The molecule has 0 saturated heterocycles. The van der Waals surface area contributed by atoms with Gasteiger partial charge in [0.05, 0.1) is 10.4 Å². The minimum Gasteiger partial charge on any atom is -0.284 e. The quantitative estimate of drug-likeness (QED) is 0.868. The first kappa shape index (κ1) is 13.6. The van der Waals surface area contributed by atoms with Crippen molar-refractivity contribution in [2.75, 3.05) is 0 Å². The third-order valence-electron chi connectivity index (χ3n) is 2.54. The minimum absolute atomic E-state index is 0.0350. The van der Waals surface area contributed by atoms with Gasteiger partial charge in [-0.1, -0.05) is 40.9 Å². The number of rotatable bonds is 4. The zero-order valence-electron chi connectivity index (χ0n) is 8.78. The van der Waals surface area contributed by atoms with E-state index in [0.29, 0.717) is 4.34 Å². The van der Waals surface area contributed by atoms with E-state index >= 15 is 0 Å². The van der Waals surface area contributed by atoms with Crippen LogP contribution in [0.4, 0.5) is 0 Å². The van der Waals surface area contributed by atoms with Crippen molar-refractivity contribution < 1.29 is 13.3 Å². The SMILES string of the molecule is O=S(=O)(NOC1CCCC1)c1cc(Cl)sc1Cl. The van der Waals surface area contributed by atoms with Crippen LogP contribution in [-0.4, -0.2) is 14.5 Å². The van der Waals surface area contributed by atoms with Crippen LogP contribution in [0, 0.1) is 0 Å². The Balaban J connectivity index is 2.05. The molecule has 1 aromatic heterocycles. The number of thiophene rings is 1. The topological polar surface area (TPSA) is 55.4 Å². The fraction of sp³-hybridized carbons (Fsp3) is 0.556. The van der Waals surface area contributed by atoms with Crippen LogP contribution < -0.4 is 4.89 Å². The molecule has 1 N–H and O–H groups in total. The number of hydrogen-bond acceptors (Lipinski definition) is 4. The maximum absolute atomic E-state index is 11.9. The van der Waals surface area contributed by atoms with Gasteiger partial charge in [0, 0.05) is 0 Å². The van der Waals surface area contributed by atoms with Crippen molar-refractivity contribution in [3.8, 4) is 0 Å². The van der Waals surface area contributed by atoms with Crippen molar-refractivity contribution in [3.05, 3.63) is 14.7 Å². The molecule has 1 saturated carbocycles. The minimum atomic E-state index is -3.74. The van der Waals surface area contributed by atoms with Crippen LogP contribution in [-0.2, 0) is 14.9 Å². The lowest BCUT2D eigenvalue weighted by Crippen LogP contribution is -2.28. The standard InChI is InChI=1S/C9H11Cl2NO3S2/c10-8-5-7(9(11)16-8)17(13,14)12-15-6-3-1-2-4-6/h5-6,12H,1-4H2. The van der Waals surface area contributed by atoms with Gasteiger partial charge in [0.25, 0.3) is 10.0 Å². The largest absolute Gasteiger partial charge is 0.284 e. The third-order valence-corrected chi connectivity index (χ3v) is 5.49. The Labute approximate surface area is 114 Å². The van der Waals surface area contributed by atoms with E-state index in [0.717, 1.165) is 37.0 Å². The maximum Gasteiger partial charge on any atom is 0.264 e. The Hall–Kier alpha value is 0.150. The number of halogens is 2. The van der Waals surface area contributed by atoms with Crippen molar-refractivity contribution in [2.45, 2.75) is 36.7 Å².